The van der Waals surface area contributed by atoms with E-state index < -0.39 is 17.9 Å². The molecule has 0 saturated heterocycles. The maximum absolute atomic E-state index is 11.1. The van der Waals surface area contributed by atoms with Crippen molar-refractivity contribution in [3.05, 3.63) is 47.5 Å². The van der Waals surface area contributed by atoms with Gasteiger partial charge < -0.3 is 14.9 Å². The third kappa shape index (κ3) is 5.40. The van der Waals surface area contributed by atoms with Gasteiger partial charge in [-0.25, -0.2) is 14.4 Å². The highest BCUT2D eigenvalue weighted by molar-refractivity contribution is 5.93. The number of unbranched alkanes of at least 4 members (excludes halogenated alkanes) is 2. The molecule has 1 aromatic carbocycles. The molecular weight excluding hydrogens is 288 g/mol. The Hall–Kier alpha value is -2.63. The minimum atomic E-state index is -1.09. The van der Waals surface area contributed by atoms with E-state index in [1.54, 1.807) is 0 Å². The van der Waals surface area contributed by atoms with Crippen LogP contribution in [0.25, 0.3) is 0 Å². The summed E-state index contributed by atoms with van der Waals surface area (Å²) in [6.07, 6.45) is 3.62. The topological polar surface area (TPSA) is 101 Å². The third-order valence-electron chi connectivity index (χ3n) is 3.08. The van der Waals surface area contributed by atoms with Gasteiger partial charge in [-0.05, 0) is 49.4 Å². The monoisotopic (exact) mass is 306 g/mol. The molecule has 22 heavy (non-hydrogen) atoms. The molecule has 0 unspecified atom stereocenters. The van der Waals surface area contributed by atoms with Crippen molar-refractivity contribution in [2.24, 2.45) is 0 Å². The van der Waals surface area contributed by atoms with Gasteiger partial charge in [0.15, 0.2) is 0 Å². The van der Waals surface area contributed by atoms with Crippen LogP contribution in [0.3, 0.4) is 0 Å². The quantitative estimate of drug-likeness (QED) is 0.413. The molecule has 1 rings (SSSR count). The van der Waals surface area contributed by atoms with Crippen LogP contribution in [0.1, 0.15) is 45.5 Å². The van der Waals surface area contributed by atoms with Crippen LogP contribution in [-0.4, -0.2) is 34.7 Å². The molecule has 6 nitrogen and oxygen atoms in total. The number of benzene rings is 1. The molecule has 0 radical (unpaired) electrons. The third-order valence-corrected chi connectivity index (χ3v) is 3.08. The van der Waals surface area contributed by atoms with E-state index in [0.717, 1.165) is 12.5 Å². The number of carboxylic acids is 2. The molecule has 0 fully saturated rings. The van der Waals surface area contributed by atoms with Crippen molar-refractivity contribution in [3.8, 4) is 0 Å². The van der Waals surface area contributed by atoms with Crippen LogP contribution < -0.4 is 0 Å². The van der Waals surface area contributed by atoms with Crippen molar-refractivity contribution in [1.82, 2.24) is 0 Å². The van der Waals surface area contributed by atoms with Gasteiger partial charge in [0.1, 0.15) is 0 Å². The Labute approximate surface area is 128 Å². The van der Waals surface area contributed by atoms with E-state index in [-0.39, 0.29) is 17.7 Å². The average Bonchev–Trinajstić information content (AvgIpc) is 2.49. The van der Waals surface area contributed by atoms with Crippen LogP contribution in [0.4, 0.5) is 0 Å². The van der Waals surface area contributed by atoms with Crippen molar-refractivity contribution < 1.29 is 29.3 Å². The fraction of sp³-hybridized carbons (Fsp3) is 0.312. The first-order valence-corrected chi connectivity index (χ1v) is 6.84. The Kier molecular flexibility index (Phi) is 6.82. The van der Waals surface area contributed by atoms with Gasteiger partial charge in [0, 0.05) is 6.08 Å². The lowest BCUT2D eigenvalue weighted by molar-refractivity contribution is -0.137. The Balaban J connectivity index is 2.54. The lowest BCUT2D eigenvalue weighted by Gasteiger charge is -2.08. The maximum Gasteiger partial charge on any atom is 0.335 e. The number of hydrogen-bond acceptors (Lipinski definition) is 4. The van der Waals surface area contributed by atoms with Crippen molar-refractivity contribution >= 4 is 17.9 Å². The highest BCUT2D eigenvalue weighted by atomic mass is 16.5. The van der Waals surface area contributed by atoms with E-state index in [2.05, 4.69) is 6.58 Å². The number of rotatable bonds is 9. The number of carboxylic acid groups (broad SMARTS) is 2. The molecule has 0 spiro atoms. The molecule has 2 N–H and O–H groups in total. The smallest absolute Gasteiger partial charge is 0.335 e. The minimum Gasteiger partial charge on any atom is -0.478 e. The summed E-state index contributed by atoms with van der Waals surface area (Å²) in [7, 11) is 0. The lowest BCUT2D eigenvalue weighted by Crippen LogP contribution is -2.06. The first kappa shape index (κ1) is 17.4. The molecule has 0 aliphatic rings. The summed E-state index contributed by atoms with van der Waals surface area (Å²) in [5, 5.41) is 18.1. The van der Waals surface area contributed by atoms with E-state index in [1.165, 1.54) is 18.2 Å². The lowest BCUT2D eigenvalue weighted by atomic mass is 9.98. The molecule has 0 aromatic heterocycles. The molecule has 118 valence electrons. The first-order chi connectivity index (χ1) is 10.5. The van der Waals surface area contributed by atoms with Gasteiger partial charge in [-0.1, -0.05) is 6.58 Å². The van der Waals surface area contributed by atoms with Crippen LogP contribution in [0.2, 0.25) is 0 Å². The summed E-state index contributed by atoms with van der Waals surface area (Å²) in [5.41, 5.74) is 0.679. The molecule has 0 bridgehead atoms. The van der Waals surface area contributed by atoms with Crippen LogP contribution in [0, 0.1) is 0 Å². The summed E-state index contributed by atoms with van der Waals surface area (Å²) >= 11 is 0. The predicted molar refractivity (Wildman–Crippen MR) is 79.1 cm³/mol. The Bertz CT molecular complexity index is 576. The van der Waals surface area contributed by atoms with Gasteiger partial charge in [0.25, 0.3) is 0 Å². The second kappa shape index (κ2) is 8.61. The number of aromatic carboxylic acids is 2. The standard InChI is InChI=1S/C16H18O6/c1-2-14(17)22-9-5-3-4-6-11-10-12(15(18)19)7-8-13(11)16(20)21/h2,7-8,10H,1,3-6,9H2,(H,18,19)(H,20,21). The van der Waals surface area contributed by atoms with Crippen LogP contribution >= 0.6 is 0 Å². The van der Waals surface area contributed by atoms with Gasteiger partial charge in [-0.3, -0.25) is 0 Å². The molecule has 0 aliphatic heterocycles. The normalized spacial score (nSPS) is 10.0. The van der Waals surface area contributed by atoms with Crippen molar-refractivity contribution in [2.45, 2.75) is 25.7 Å². The number of carbonyl (C=O) groups is 3. The Morgan fingerprint density at radius 2 is 1.82 bits per heavy atom. The van der Waals surface area contributed by atoms with Gasteiger partial charge >= 0.3 is 17.9 Å². The molecule has 0 saturated carbocycles. The molecule has 0 atom stereocenters. The molecule has 0 amide bonds. The SMILES string of the molecule is C=CC(=O)OCCCCCc1cc(C(=O)O)ccc1C(=O)O. The summed E-state index contributed by atoms with van der Waals surface area (Å²) in [4.78, 5) is 32.9. The highest BCUT2D eigenvalue weighted by Crippen LogP contribution is 2.16. The molecule has 0 heterocycles. The molecular formula is C16H18O6. The van der Waals surface area contributed by atoms with Gasteiger partial charge in [0.05, 0.1) is 17.7 Å². The summed E-state index contributed by atoms with van der Waals surface area (Å²) in [6, 6.07) is 3.99. The van der Waals surface area contributed by atoms with E-state index >= 15 is 0 Å². The zero-order valence-electron chi connectivity index (χ0n) is 12.1. The number of ether oxygens (including phenoxy) is 1. The van der Waals surface area contributed by atoms with Crippen LogP contribution in [0.5, 0.6) is 0 Å². The predicted octanol–water partition coefficient (Wildman–Crippen LogP) is 2.53. The van der Waals surface area contributed by atoms with Crippen molar-refractivity contribution in [1.29, 1.82) is 0 Å². The van der Waals surface area contributed by atoms with Gasteiger partial charge in [-0.2, -0.15) is 0 Å². The second-order valence-electron chi connectivity index (χ2n) is 4.66. The largest absolute Gasteiger partial charge is 0.478 e. The number of esters is 1. The van der Waals surface area contributed by atoms with Crippen LogP contribution in [-0.2, 0) is 16.0 Å². The molecule has 0 aliphatic carbocycles. The van der Waals surface area contributed by atoms with E-state index in [9.17, 15) is 14.4 Å². The van der Waals surface area contributed by atoms with Crippen molar-refractivity contribution in [3.63, 3.8) is 0 Å². The zero-order chi connectivity index (χ0) is 16.5. The van der Waals surface area contributed by atoms with E-state index in [1.807, 2.05) is 0 Å². The second-order valence-corrected chi connectivity index (χ2v) is 4.66. The zero-order valence-corrected chi connectivity index (χ0v) is 12.1. The maximum atomic E-state index is 11.1. The number of hydrogen-bond donors (Lipinski definition) is 2. The van der Waals surface area contributed by atoms with Gasteiger partial charge in [-0.15, -0.1) is 0 Å². The summed E-state index contributed by atoms with van der Waals surface area (Å²) in [6.45, 7) is 3.57. The van der Waals surface area contributed by atoms with Crippen LogP contribution in [0.15, 0.2) is 30.9 Å². The number of aryl methyl sites for hydroxylation is 1. The summed E-state index contributed by atoms with van der Waals surface area (Å²) in [5.74, 6) is -2.64. The Morgan fingerprint density at radius 3 is 2.41 bits per heavy atom. The fourth-order valence-corrected chi connectivity index (χ4v) is 1.97. The van der Waals surface area contributed by atoms with Gasteiger partial charge in [0.2, 0.25) is 0 Å². The average molecular weight is 306 g/mol. The molecule has 1 aromatic rings. The highest BCUT2D eigenvalue weighted by Gasteiger charge is 2.13. The minimum absolute atomic E-state index is 0.0694. The Morgan fingerprint density at radius 1 is 1.09 bits per heavy atom. The van der Waals surface area contributed by atoms with E-state index in [0.29, 0.717) is 24.8 Å². The summed E-state index contributed by atoms with van der Waals surface area (Å²) < 4.78 is 4.83. The molecule has 6 heteroatoms. The first-order valence-electron chi connectivity index (χ1n) is 6.84. The van der Waals surface area contributed by atoms with Crippen molar-refractivity contribution in [2.75, 3.05) is 6.61 Å². The fourth-order valence-electron chi connectivity index (χ4n) is 1.97. The number of carbonyl (C=O) groups excluding carboxylic acids is 1. The van der Waals surface area contributed by atoms with E-state index in [4.69, 9.17) is 14.9 Å².